The molecule has 5 nitrogen and oxygen atoms in total. The Kier molecular flexibility index (Phi) is 7.42. The molecule has 1 atom stereocenters. The Labute approximate surface area is 194 Å². The van der Waals surface area contributed by atoms with Crippen molar-refractivity contribution in [2.24, 2.45) is 5.92 Å². The van der Waals surface area contributed by atoms with E-state index in [1.165, 1.54) is 29.5 Å². The molecule has 1 saturated carbocycles. The van der Waals surface area contributed by atoms with Gasteiger partial charge in [-0.2, -0.15) is 0 Å². The number of carbonyl (C=O) groups excluding carboxylic acids is 2. The fourth-order valence-corrected chi connectivity index (χ4v) is 5.90. The lowest BCUT2D eigenvalue weighted by Gasteiger charge is -2.20. The summed E-state index contributed by atoms with van der Waals surface area (Å²) in [5.41, 5.74) is 1.70. The normalized spacial score (nSPS) is 15.4. The highest BCUT2D eigenvalue weighted by atomic mass is 32.2. The number of thioether (sulfide) groups is 1. The summed E-state index contributed by atoms with van der Waals surface area (Å²) in [4.78, 5) is 31.6. The zero-order valence-electron chi connectivity index (χ0n) is 17.3. The van der Waals surface area contributed by atoms with E-state index in [-0.39, 0.29) is 23.0 Å². The molecule has 8 heteroatoms. The molecule has 2 N–H and O–H groups in total. The molecule has 0 radical (unpaired) electrons. The average Bonchev–Trinajstić information content (AvgIpc) is 3.48. The Bertz CT molecular complexity index is 1010. The highest BCUT2D eigenvalue weighted by Crippen LogP contribution is 2.30. The summed E-state index contributed by atoms with van der Waals surface area (Å²) >= 11 is 4.55. The second-order valence-corrected chi connectivity index (χ2v) is 10.8. The van der Waals surface area contributed by atoms with Crippen LogP contribution in [-0.2, 0) is 9.59 Å². The molecule has 31 heavy (non-hydrogen) atoms. The fraction of sp³-hybridized carbons (Fsp3) is 0.348. The zero-order chi connectivity index (χ0) is 21.6. The minimum absolute atomic E-state index is 0.0771. The third-order valence-electron chi connectivity index (χ3n) is 5.29. The Morgan fingerprint density at radius 3 is 2.55 bits per heavy atom. The van der Waals surface area contributed by atoms with Crippen LogP contribution in [-0.4, -0.2) is 22.0 Å². The van der Waals surface area contributed by atoms with Gasteiger partial charge in [0.05, 0.1) is 15.8 Å². The minimum atomic E-state index is -0.267. The van der Waals surface area contributed by atoms with Gasteiger partial charge >= 0.3 is 0 Å². The van der Waals surface area contributed by atoms with Gasteiger partial charge in [-0.3, -0.25) is 9.59 Å². The van der Waals surface area contributed by atoms with Crippen LogP contribution in [0, 0.1) is 5.92 Å². The summed E-state index contributed by atoms with van der Waals surface area (Å²) in [6, 6.07) is 11.7. The van der Waals surface area contributed by atoms with Crippen LogP contribution in [0.5, 0.6) is 0 Å². The standard InChI is InChI=1S/C23H25N3O2S3/c1-15(21(27)26-23-25-19(14-30-23)20-8-5-13-29-20)31-18-11-9-17(10-12-18)24-22(28)16-6-3-2-4-7-16/h5,8-16H,2-4,6-7H2,1H3,(H,24,28)(H,25,26,27). The number of nitrogens with one attached hydrogen (secondary N) is 2. The molecule has 0 spiro atoms. The number of carbonyl (C=O) groups is 2. The monoisotopic (exact) mass is 471 g/mol. The predicted molar refractivity (Wildman–Crippen MR) is 131 cm³/mol. The maximum atomic E-state index is 12.6. The van der Waals surface area contributed by atoms with Crippen molar-refractivity contribution in [3.63, 3.8) is 0 Å². The highest BCUT2D eigenvalue weighted by molar-refractivity contribution is 8.00. The number of amides is 2. The van der Waals surface area contributed by atoms with E-state index in [1.54, 1.807) is 11.3 Å². The number of thiophene rings is 1. The SMILES string of the molecule is CC(Sc1ccc(NC(=O)C2CCCCC2)cc1)C(=O)Nc1nc(-c2cccs2)cs1. The molecule has 0 saturated heterocycles. The quantitative estimate of drug-likeness (QED) is 0.385. The summed E-state index contributed by atoms with van der Waals surface area (Å²) in [6.07, 6.45) is 5.49. The molecule has 162 valence electrons. The topological polar surface area (TPSA) is 71.1 Å². The average molecular weight is 472 g/mol. The van der Waals surface area contributed by atoms with Crippen LogP contribution in [0.25, 0.3) is 10.6 Å². The van der Waals surface area contributed by atoms with Crippen LogP contribution in [0.1, 0.15) is 39.0 Å². The van der Waals surface area contributed by atoms with Crippen molar-refractivity contribution in [1.82, 2.24) is 4.98 Å². The van der Waals surface area contributed by atoms with Crippen molar-refractivity contribution in [2.45, 2.75) is 49.2 Å². The number of hydrogen-bond acceptors (Lipinski definition) is 6. The number of hydrogen-bond donors (Lipinski definition) is 2. The molecule has 1 aliphatic carbocycles. The van der Waals surface area contributed by atoms with Gasteiger partial charge in [0.15, 0.2) is 5.13 Å². The number of thiazole rings is 1. The van der Waals surface area contributed by atoms with E-state index in [1.807, 2.05) is 54.1 Å². The second-order valence-electron chi connectivity index (χ2n) is 7.61. The Balaban J connectivity index is 1.28. The Hall–Kier alpha value is -2.16. The van der Waals surface area contributed by atoms with E-state index in [0.717, 1.165) is 46.8 Å². The van der Waals surface area contributed by atoms with Crippen LogP contribution in [0.3, 0.4) is 0 Å². The lowest BCUT2D eigenvalue weighted by Crippen LogP contribution is -2.24. The van der Waals surface area contributed by atoms with E-state index in [9.17, 15) is 9.59 Å². The first-order chi connectivity index (χ1) is 15.1. The molecule has 1 unspecified atom stereocenters. The third kappa shape index (κ3) is 5.96. The van der Waals surface area contributed by atoms with Crippen LogP contribution >= 0.6 is 34.4 Å². The Morgan fingerprint density at radius 2 is 1.84 bits per heavy atom. The van der Waals surface area contributed by atoms with Gasteiger partial charge in [0.1, 0.15) is 0 Å². The van der Waals surface area contributed by atoms with Crippen LogP contribution in [0.4, 0.5) is 10.8 Å². The first-order valence-corrected chi connectivity index (χ1v) is 13.1. The van der Waals surface area contributed by atoms with Gasteiger partial charge in [-0.15, -0.1) is 34.4 Å². The maximum Gasteiger partial charge on any atom is 0.239 e. The summed E-state index contributed by atoms with van der Waals surface area (Å²) < 4.78 is 0. The van der Waals surface area contributed by atoms with Crippen molar-refractivity contribution in [1.29, 1.82) is 0 Å². The molecule has 2 heterocycles. The maximum absolute atomic E-state index is 12.6. The fourth-order valence-electron chi connectivity index (χ4n) is 3.56. The second kappa shape index (κ2) is 10.4. The van der Waals surface area contributed by atoms with E-state index in [0.29, 0.717) is 5.13 Å². The molecule has 0 aliphatic heterocycles. The van der Waals surface area contributed by atoms with Crippen molar-refractivity contribution < 1.29 is 9.59 Å². The minimum Gasteiger partial charge on any atom is -0.326 e. The highest BCUT2D eigenvalue weighted by Gasteiger charge is 2.21. The summed E-state index contributed by atoms with van der Waals surface area (Å²) in [5, 5.41) is 10.3. The smallest absolute Gasteiger partial charge is 0.239 e. The number of benzene rings is 1. The lowest BCUT2D eigenvalue weighted by atomic mass is 9.88. The van der Waals surface area contributed by atoms with Crippen LogP contribution in [0.15, 0.2) is 52.1 Å². The molecule has 2 aromatic heterocycles. The van der Waals surface area contributed by atoms with E-state index >= 15 is 0 Å². The van der Waals surface area contributed by atoms with Crippen LogP contribution in [0.2, 0.25) is 0 Å². The van der Waals surface area contributed by atoms with Gasteiger partial charge in [0.2, 0.25) is 11.8 Å². The summed E-state index contributed by atoms with van der Waals surface area (Å²) in [6.45, 7) is 1.88. The van der Waals surface area contributed by atoms with Gasteiger partial charge in [-0.05, 0) is 55.5 Å². The molecule has 1 fully saturated rings. The van der Waals surface area contributed by atoms with Crippen molar-refractivity contribution in [2.75, 3.05) is 10.6 Å². The zero-order valence-corrected chi connectivity index (χ0v) is 19.7. The predicted octanol–water partition coefficient (Wildman–Crippen LogP) is 6.51. The first-order valence-electron chi connectivity index (χ1n) is 10.5. The molecule has 1 aromatic carbocycles. The molecule has 0 bridgehead atoms. The first kappa shape index (κ1) is 22.0. The van der Waals surface area contributed by atoms with E-state index in [2.05, 4.69) is 15.6 Å². The van der Waals surface area contributed by atoms with Gasteiger partial charge in [-0.1, -0.05) is 25.3 Å². The number of anilines is 2. The van der Waals surface area contributed by atoms with Crippen molar-refractivity contribution in [3.05, 3.63) is 47.2 Å². The molecule has 1 aliphatic rings. The summed E-state index contributed by atoms with van der Waals surface area (Å²) in [5.74, 6) is 0.183. The molecule has 4 rings (SSSR count). The van der Waals surface area contributed by atoms with Crippen molar-refractivity contribution in [3.8, 4) is 10.6 Å². The third-order valence-corrected chi connectivity index (χ3v) is 8.05. The van der Waals surface area contributed by atoms with Crippen LogP contribution < -0.4 is 10.6 Å². The van der Waals surface area contributed by atoms with Gasteiger partial charge < -0.3 is 10.6 Å². The number of nitrogens with zero attached hydrogens (tertiary/aromatic N) is 1. The molecule has 2 amide bonds. The number of aromatic nitrogens is 1. The molecular weight excluding hydrogens is 446 g/mol. The lowest BCUT2D eigenvalue weighted by molar-refractivity contribution is -0.120. The van der Waals surface area contributed by atoms with Crippen molar-refractivity contribution >= 4 is 57.1 Å². The van der Waals surface area contributed by atoms with E-state index < -0.39 is 0 Å². The summed E-state index contributed by atoms with van der Waals surface area (Å²) in [7, 11) is 0. The number of rotatable bonds is 7. The molecule has 3 aromatic rings. The Morgan fingerprint density at radius 1 is 1.06 bits per heavy atom. The van der Waals surface area contributed by atoms with E-state index in [4.69, 9.17) is 0 Å². The largest absolute Gasteiger partial charge is 0.326 e. The van der Waals surface area contributed by atoms with Gasteiger partial charge in [0.25, 0.3) is 0 Å². The molecular formula is C23H25N3O2S3. The van der Waals surface area contributed by atoms with Gasteiger partial charge in [-0.25, -0.2) is 4.98 Å². The van der Waals surface area contributed by atoms with Gasteiger partial charge in [0, 0.05) is 21.9 Å².